The first-order valence-corrected chi connectivity index (χ1v) is 13.2. The van der Waals surface area contributed by atoms with Gasteiger partial charge < -0.3 is 17.0 Å². The number of hydrogen-bond acceptors (Lipinski definition) is 1. The van der Waals surface area contributed by atoms with Gasteiger partial charge >= 0.3 is 147 Å². The summed E-state index contributed by atoms with van der Waals surface area (Å²) in [6.45, 7) is 2.33. The first-order chi connectivity index (χ1) is 11.8. The molecule has 0 amide bonds. The number of hydrogen-bond donors (Lipinski definition) is 1. The summed E-state index contributed by atoms with van der Waals surface area (Å²) >= 11 is -2.27. The maximum atomic E-state index is 3.68. The number of anilines is 2. The minimum absolute atomic E-state index is 0. The molecule has 25 heavy (non-hydrogen) atoms. The largest absolute Gasteiger partial charge is 1.00 e. The Morgan fingerprint density at radius 3 is 1.80 bits per heavy atom. The maximum Gasteiger partial charge on any atom is -1.00 e. The molecule has 0 bridgehead atoms. The van der Waals surface area contributed by atoms with Gasteiger partial charge in [0.15, 0.2) is 0 Å². The maximum absolute atomic E-state index is 3.68. The van der Waals surface area contributed by atoms with Gasteiger partial charge in [-0.2, -0.15) is 0 Å². The number of rotatable bonds is 4. The summed E-state index contributed by atoms with van der Waals surface area (Å²) < 4.78 is 3.19. The Kier molecular flexibility index (Phi) is 5.71. The number of benzene rings is 3. The van der Waals surface area contributed by atoms with Gasteiger partial charge in [0.1, 0.15) is 0 Å². The zero-order valence-corrected chi connectivity index (χ0v) is 17.9. The third-order valence-corrected chi connectivity index (χ3v) is 14.8. The second-order valence-electron chi connectivity index (χ2n) is 6.49. The topological polar surface area (TPSA) is 12.0 Å². The van der Waals surface area contributed by atoms with Crippen molar-refractivity contribution in [1.82, 2.24) is 0 Å². The van der Waals surface area contributed by atoms with Gasteiger partial charge in [-0.05, 0) is 0 Å². The van der Waals surface area contributed by atoms with Gasteiger partial charge in [-0.1, -0.05) is 0 Å². The number of nitrogens with one attached hydrogen (secondary N) is 1. The molecule has 1 aliphatic heterocycles. The van der Waals surface area contributed by atoms with Crippen LogP contribution >= 0.6 is 0 Å². The molecule has 0 saturated carbocycles. The fourth-order valence-corrected chi connectivity index (χ4v) is 13.9. The second kappa shape index (κ2) is 7.81. The van der Waals surface area contributed by atoms with Crippen molar-refractivity contribution in [3.05, 3.63) is 84.4 Å². The molecule has 0 aromatic heterocycles. The summed E-state index contributed by atoms with van der Waals surface area (Å²) in [7, 11) is 0. The fraction of sp³-hybridized carbons (Fsp3) is 0.182. The van der Waals surface area contributed by atoms with Crippen LogP contribution in [0.2, 0.25) is 5.21 Å². The molecule has 128 valence electrons. The van der Waals surface area contributed by atoms with Crippen molar-refractivity contribution in [1.29, 1.82) is 0 Å². The van der Waals surface area contributed by atoms with Crippen LogP contribution in [0.4, 0.5) is 11.4 Å². The molecule has 1 nitrogen and oxygen atoms in total. The summed E-state index contributed by atoms with van der Waals surface area (Å²) in [4.78, 5) is 0. The molecule has 1 aliphatic rings. The van der Waals surface area contributed by atoms with Gasteiger partial charge in [-0.25, -0.2) is 0 Å². The van der Waals surface area contributed by atoms with E-state index in [9.17, 15) is 0 Å². The standard InChI is InChI=1S/C22H23AsN.BrH/c1-2-16-23(17-18-10-4-3-5-11-18)19-12-6-8-14-21(19)24-22-15-9-7-13-20(22)23;/h3-15,24H,2,16-17H2,1H3;1H/q+1;/p-1. The molecule has 0 aliphatic carbocycles. The minimum Gasteiger partial charge on any atom is -1.00 e. The normalized spacial score (nSPS) is 13.8. The SMILES string of the molecule is CCC[As+]1(Cc2ccccc2)c2ccccc2Nc2ccccc21.[Br-]. The average Bonchev–Trinajstić information content (AvgIpc) is 2.63. The van der Waals surface area contributed by atoms with Crippen molar-refractivity contribution >= 4 is 33.6 Å². The van der Waals surface area contributed by atoms with Crippen LogP contribution in [-0.4, -0.2) is 13.6 Å². The van der Waals surface area contributed by atoms with Crippen LogP contribution in [-0.2, 0) is 5.21 Å². The van der Waals surface area contributed by atoms with Crippen LogP contribution in [0.1, 0.15) is 18.9 Å². The van der Waals surface area contributed by atoms with E-state index in [-0.39, 0.29) is 17.0 Å². The molecule has 0 radical (unpaired) electrons. The van der Waals surface area contributed by atoms with Crippen LogP contribution in [0.25, 0.3) is 0 Å². The molecule has 4 rings (SSSR count). The predicted molar refractivity (Wildman–Crippen MR) is 106 cm³/mol. The van der Waals surface area contributed by atoms with Gasteiger partial charge in [-0.3, -0.25) is 0 Å². The van der Waals surface area contributed by atoms with E-state index >= 15 is 0 Å². The predicted octanol–water partition coefficient (Wildman–Crippen LogP) is 1.50. The summed E-state index contributed by atoms with van der Waals surface area (Å²) in [6.07, 6.45) is 1.24. The summed E-state index contributed by atoms with van der Waals surface area (Å²) in [5, 5.41) is 6.22. The first kappa shape index (κ1) is 18.3. The summed E-state index contributed by atoms with van der Waals surface area (Å²) in [5.74, 6) is 0. The van der Waals surface area contributed by atoms with Crippen LogP contribution in [0.3, 0.4) is 0 Å². The van der Waals surface area contributed by atoms with Gasteiger partial charge in [0.25, 0.3) is 0 Å². The van der Waals surface area contributed by atoms with Crippen LogP contribution in [0.5, 0.6) is 0 Å². The molecule has 0 saturated heterocycles. The molecule has 3 aromatic rings. The molecular formula is C22H23AsBrN. The minimum atomic E-state index is -2.27. The number of para-hydroxylation sites is 2. The molecule has 3 aromatic carbocycles. The van der Waals surface area contributed by atoms with Crippen LogP contribution < -0.4 is 31.0 Å². The van der Waals surface area contributed by atoms with Gasteiger partial charge in [-0.15, -0.1) is 0 Å². The third-order valence-electron chi connectivity index (χ3n) is 4.90. The molecule has 0 unspecified atom stereocenters. The van der Waals surface area contributed by atoms with E-state index in [0.717, 1.165) is 0 Å². The average molecular weight is 456 g/mol. The summed E-state index contributed by atoms with van der Waals surface area (Å²) in [5.41, 5.74) is 4.13. The molecule has 1 heterocycles. The monoisotopic (exact) mass is 455 g/mol. The molecule has 0 spiro atoms. The Hall–Kier alpha value is -1.50. The van der Waals surface area contributed by atoms with Crippen molar-refractivity contribution < 1.29 is 17.0 Å². The van der Waals surface area contributed by atoms with Crippen LogP contribution in [0, 0.1) is 0 Å². The van der Waals surface area contributed by atoms with E-state index in [1.165, 1.54) is 33.8 Å². The van der Waals surface area contributed by atoms with E-state index in [1.54, 1.807) is 8.70 Å². The quantitative estimate of drug-likeness (QED) is 0.588. The first-order valence-electron chi connectivity index (χ1n) is 8.71. The molecule has 0 atom stereocenters. The smallest absolute Gasteiger partial charge is 1.00 e. The van der Waals surface area contributed by atoms with Crippen molar-refractivity contribution in [3.63, 3.8) is 0 Å². The van der Waals surface area contributed by atoms with E-state index in [4.69, 9.17) is 0 Å². The Bertz CT molecular complexity index is 802. The van der Waals surface area contributed by atoms with E-state index in [2.05, 4.69) is 91.1 Å². The molecule has 1 N–H and O–H groups in total. The Labute approximate surface area is 163 Å². The van der Waals surface area contributed by atoms with Crippen LogP contribution in [0.15, 0.2) is 78.9 Å². The molecular weight excluding hydrogens is 433 g/mol. The van der Waals surface area contributed by atoms with Gasteiger partial charge in [0.05, 0.1) is 0 Å². The van der Waals surface area contributed by atoms with Crippen molar-refractivity contribution in [2.45, 2.75) is 23.8 Å². The summed E-state index contributed by atoms with van der Waals surface area (Å²) in [6, 6.07) is 29.1. The van der Waals surface area contributed by atoms with E-state index in [1.807, 2.05) is 0 Å². The van der Waals surface area contributed by atoms with Crippen molar-refractivity contribution in [3.8, 4) is 0 Å². The molecule has 0 fully saturated rings. The fourth-order valence-electron chi connectivity index (χ4n) is 3.95. The van der Waals surface area contributed by atoms with E-state index < -0.39 is 13.6 Å². The van der Waals surface area contributed by atoms with Gasteiger partial charge in [0, 0.05) is 0 Å². The zero-order chi connectivity index (χ0) is 16.4. The number of fused-ring (bicyclic) bond motifs is 2. The second-order valence-corrected chi connectivity index (χ2v) is 14.2. The van der Waals surface area contributed by atoms with Crippen molar-refractivity contribution in [2.75, 3.05) is 5.32 Å². The van der Waals surface area contributed by atoms with Crippen molar-refractivity contribution in [2.24, 2.45) is 0 Å². The van der Waals surface area contributed by atoms with E-state index in [0.29, 0.717) is 0 Å². The Morgan fingerprint density at radius 2 is 1.24 bits per heavy atom. The Balaban J connectivity index is 0.00000182. The third kappa shape index (κ3) is 3.30. The number of halogens is 1. The Morgan fingerprint density at radius 1 is 0.720 bits per heavy atom. The molecule has 3 heteroatoms. The zero-order valence-electron chi connectivity index (χ0n) is 14.5. The van der Waals surface area contributed by atoms with Gasteiger partial charge in [0.2, 0.25) is 0 Å².